The molecule has 2 unspecified atom stereocenters. The maximum absolute atomic E-state index is 6.31. The molecule has 2 aliphatic rings. The quantitative estimate of drug-likeness (QED) is 0.908. The molecule has 3 rings (SSSR count). The van der Waals surface area contributed by atoms with Gasteiger partial charge in [0.2, 0.25) is 0 Å². The van der Waals surface area contributed by atoms with Crippen LogP contribution >= 0.6 is 0 Å². The van der Waals surface area contributed by atoms with Gasteiger partial charge in [0.1, 0.15) is 0 Å². The SMILES string of the molecule is NC1CCCCN1N1CCCC(CCCc2ccccn2)C1. The Kier molecular flexibility index (Phi) is 5.82. The second-order valence-electron chi connectivity index (χ2n) is 6.86. The number of aromatic nitrogens is 1. The summed E-state index contributed by atoms with van der Waals surface area (Å²) in [6.07, 6.45) is 12.3. The van der Waals surface area contributed by atoms with E-state index in [0.717, 1.165) is 25.3 Å². The lowest BCUT2D eigenvalue weighted by atomic mass is 9.93. The van der Waals surface area contributed by atoms with E-state index in [4.69, 9.17) is 5.73 Å². The number of nitrogens with zero attached hydrogens (tertiary/aromatic N) is 3. The molecule has 0 spiro atoms. The zero-order chi connectivity index (χ0) is 15.2. The number of hydrazine groups is 1. The fourth-order valence-electron chi connectivity index (χ4n) is 3.92. The Morgan fingerprint density at radius 2 is 2.09 bits per heavy atom. The Labute approximate surface area is 134 Å². The van der Waals surface area contributed by atoms with Crippen LogP contribution in [0.1, 0.15) is 50.6 Å². The lowest BCUT2D eigenvalue weighted by molar-refractivity contribution is -0.0992. The van der Waals surface area contributed by atoms with Crippen molar-refractivity contribution in [2.24, 2.45) is 11.7 Å². The van der Waals surface area contributed by atoms with Gasteiger partial charge in [-0.3, -0.25) is 4.98 Å². The fraction of sp³-hybridized carbons (Fsp3) is 0.722. The summed E-state index contributed by atoms with van der Waals surface area (Å²) in [6.45, 7) is 3.56. The van der Waals surface area contributed by atoms with E-state index < -0.39 is 0 Å². The van der Waals surface area contributed by atoms with Crippen molar-refractivity contribution in [3.63, 3.8) is 0 Å². The molecule has 0 aliphatic carbocycles. The van der Waals surface area contributed by atoms with Gasteiger partial charge in [-0.05, 0) is 69.4 Å². The van der Waals surface area contributed by atoms with Gasteiger partial charge in [0, 0.05) is 31.5 Å². The van der Waals surface area contributed by atoms with Gasteiger partial charge in [0.15, 0.2) is 0 Å². The fourth-order valence-corrected chi connectivity index (χ4v) is 3.92. The van der Waals surface area contributed by atoms with Gasteiger partial charge in [-0.2, -0.15) is 0 Å². The summed E-state index contributed by atoms with van der Waals surface area (Å²) < 4.78 is 0. The van der Waals surface area contributed by atoms with Gasteiger partial charge in [-0.15, -0.1) is 0 Å². The molecule has 122 valence electrons. The van der Waals surface area contributed by atoms with Crippen molar-refractivity contribution in [3.8, 4) is 0 Å². The third-order valence-corrected chi connectivity index (χ3v) is 5.15. The normalized spacial score (nSPS) is 27.9. The summed E-state index contributed by atoms with van der Waals surface area (Å²) in [5.41, 5.74) is 7.54. The van der Waals surface area contributed by atoms with Gasteiger partial charge in [-0.25, -0.2) is 10.0 Å². The average Bonchev–Trinajstić information content (AvgIpc) is 2.57. The van der Waals surface area contributed by atoms with Crippen molar-refractivity contribution in [3.05, 3.63) is 30.1 Å². The molecule has 0 bridgehead atoms. The highest BCUT2D eigenvalue weighted by atomic mass is 15.7. The van der Waals surface area contributed by atoms with Crippen molar-refractivity contribution >= 4 is 0 Å². The summed E-state index contributed by atoms with van der Waals surface area (Å²) in [5, 5.41) is 5.01. The van der Waals surface area contributed by atoms with Gasteiger partial charge >= 0.3 is 0 Å². The van der Waals surface area contributed by atoms with E-state index in [0.29, 0.717) is 0 Å². The first-order valence-electron chi connectivity index (χ1n) is 9.00. The van der Waals surface area contributed by atoms with Gasteiger partial charge in [0.05, 0.1) is 6.17 Å². The number of nitrogens with two attached hydrogens (primary N) is 1. The van der Waals surface area contributed by atoms with Gasteiger partial charge < -0.3 is 5.73 Å². The van der Waals surface area contributed by atoms with E-state index in [1.165, 1.54) is 57.3 Å². The predicted molar refractivity (Wildman–Crippen MR) is 90.0 cm³/mol. The molecule has 2 saturated heterocycles. The second-order valence-corrected chi connectivity index (χ2v) is 6.86. The van der Waals surface area contributed by atoms with E-state index in [-0.39, 0.29) is 6.17 Å². The molecule has 2 atom stereocenters. The summed E-state index contributed by atoms with van der Waals surface area (Å²) in [6, 6.07) is 6.21. The Bertz CT molecular complexity index is 436. The van der Waals surface area contributed by atoms with Crippen molar-refractivity contribution in [2.45, 2.75) is 57.5 Å². The Morgan fingerprint density at radius 3 is 2.91 bits per heavy atom. The molecule has 4 nitrogen and oxygen atoms in total. The number of hydrogen-bond donors (Lipinski definition) is 1. The minimum atomic E-state index is 0.251. The number of aryl methyl sites for hydroxylation is 1. The van der Waals surface area contributed by atoms with E-state index in [2.05, 4.69) is 27.1 Å². The van der Waals surface area contributed by atoms with E-state index in [9.17, 15) is 0 Å². The standard InChI is InChI=1S/C18H30N4/c19-18-11-2-4-14-22(18)21-13-6-8-16(15-21)7-5-10-17-9-1-3-12-20-17/h1,3,9,12,16,18H,2,4-8,10-11,13-15,19H2. The van der Waals surface area contributed by atoms with Gasteiger partial charge in [0.25, 0.3) is 0 Å². The van der Waals surface area contributed by atoms with Crippen LogP contribution in [0, 0.1) is 5.92 Å². The van der Waals surface area contributed by atoms with E-state index in [1.54, 1.807) is 0 Å². The maximum Gasteiger partial charge on any atom is 0.0710 e. The third kappa shape index (κ3) is 4.28. The zero-order valence-corrected chi connectivity index (χ0v) is 13.7. The van der Waals surface area contributed by atoms with Crippen LogP contribution in [0.15, 0.2) is 24.4 Å². The van der Waals surface area contributed by atoms with Crippen LogP contribution in [-0.4, -0.2) is 40.8 Å². The Balaban J connectivity index is 1.44. The van der Waals surface area contributed by atoms with Crippen LogP contribution in [0.25, 0.3) is 0 Å². The highest BCUT2D eigenvalue weighted by Crippen LogP contribution is 2.25. The summed E-state index contributed by atoms with van der Waals surface area (Å²) in [4.78, 5) is 4.42. The summed E-state index contributed by atoms with van der Waals surface area (Å²) in [7, 11) is 0. The van der Waals surface area contributed by atoms with Crippen molar-refractivity contribution in [2.75, 3.05) is 19.6 Å². The lowest BCUT2D eigenvalue weighted by Gasteiger charge is -2.45. The number of pyridine rings is 1. The highest BCUT2D eigenvalue weighted by Gasteiger charge is 2.28. The molecule has 4 heteroatoms. The molecule has 0 radical (unpaired) electrons. The molecule has 3 heterocycles. The number of piperidine rings is 2. The van der Waals surface area contributed by atoms with E-state index >= 15 is 0 Å². The first-order chi connectivity index (χ1) is 10.8. The molecule has 0 saturated carbocycles. The average molecular weight is 302 g/mol. The Hall–Kier alpha value is -0.970. The maximum atomic E-state index is 6.31. The highest BCUT2D eigenvalue weighted by molar-refractivity contribution is 5.03. The first-order valence-corrected chi connectivity index (χ1v) is 9.00. The van der Waals surface area contributed by atoms with Crippen LogP contribution in [0.3, 0.4) is 0 Å². The molecule has 2 fully saturated rings. The minimum Gasteiger partial charge on any atom is -0.315 e. The molecular formula is C18H30N4. The second kappa shape index (κ2) is 8.04. The van der Waals surface area contributed by atoms with Crippen molar-refractivity contribution < 1.29 is 0 Å². The Morgan fingerprint density at radius 1 is 1.14 bits per heavy atom. The molecule has 1 aromatic rings. The lowest BCUT2D eigenvalue weighted by Crippen LogP contribution is -2.57. The van der Waals surface area contributed by atoms with Crippen molar-refractivity contribution in [1.82, 2.24) is 15.0 Å². The number of rotatable bonds is 5. The van der Waals surface area contributed by atoms with Crippen LogP contribution < -0.4 is 5.73 Å². The monoisotopic (exact) mass is 302 g/mol. The molecule has 2 aliphatic heterocycles. The molecule has 1 aromatic heterocycles. The predicted octanol–water partition coefficient (Wildman–Crippen LogP) is 2.80. The first kappa shape index (κ1) is 15.9. The molecular weight excluding hydrogens is 272 g/mol. The van der Waals surface area contributed by atoms with Crippen LogP contribution in [0.4, 0.5) is 0 Å². The van der Waals surface area contributed by atoms with Crippen LogP contribution in [0.2, 0.25) is 0 Å². The van der Waals surface area contributed by atoms with Crippen LogP contribution in [0.5, 0.6) is 0 Å². The van der Waals surface area contributed by atoms with Crippen molar-refractivity contribution in [1.29, 1.82) is 0 Å². The third-order valence-electron chi connectivity index (χ3n) is 5.15. The molecule has 0 amide bonds. The smallest absolute Gasteiger partial charge is 0.0710 e. The minimum absolute atomic E-state index is 0.251. The van der Waals surface area contributed by atoms with Crippen LogP contribution in [-0.2, 0) is 6.42 Å². The van der Waals surface area contributed by atoms with E-state index in [1.807, 2.05) is 12.3 Å². The number of hydrogen-bond acceptors (Lipinski definition) is 4. The molecule has 2 N–H and O–H groups in total. The zero-order valence-electron chi connectivity index (χ0n) is 13.7. The van der Waals surface area contributed by atoms with Gasteiger partial charge in [-0.1, -0.05) is 6.07 Å². The molecule has 0 aromatic carbocycles. The largest absolute Gasteiger partial charge is 0.315 e. The molecule has 22 heavy (non-hydrogen) atoms. The topological polar surface area (TPSA) is 45.4 Å². The summed E-state index contributed by atoms with van der Waals surface area (Å²) in [5.74, 6) is 0.826. The summed E-state index contributed by atoms with van der Waals surface area (Å²) >= 11 is 0.